The van der Waals surface area contributed by atoms with Crippen molar-refractivity contribution in [1.29, 1.82) is 0 Å². The Bertz CT molecular complexity index is 1950. The van der Waals surface area contributed by atoms with Gasteiger partial charge < -0.3 is 29.1 Å². The van der Waals surface area contributed by atoms with Crippen molar-refractivity contribution in [2.45, 2.75) is 147 Å². The summed E-state index contributed by atoms with van der Waals surface area (Å²) < 4.78 is 13.0. The molecular weight excluding hydrogens is 938 g/mol. The first-order valence-electron chi connectivity index (χ1n) is 24.1. The van der Waals surface area contributed by atoms with Gasteiger partial charge in [0, 0.05) is 13.1 Å². The minimum absolute atomic E-state index is 0.106. The zero-order chi connectivity index (χ0) is 46.9. The van der Waals surface area contributed by atoms with Crippen LogP contribution in [-0.2, 0) is 38.5 Å². The summed E-state index contributed by atoms with van der Waals surface area (Å²) in [7, 11) is 9.63. The molecule has 356 valence electrons. The molecule has 2 aliphatic heterocycles. The van der Waals surface area contributed by atoms with Crippen LogP contribution in [0.15, 0.2) is 72.8 Å². The fourth-order valence-electron chi connectivity index (χ4n) is 10.7. The molecule has 0 aromatic heterocycles. The number of ether oxygens (including phenoxy) is 2. The van der Waals surface area contributed by atoms with Crippen molar-refractivity contribution in [3.63, 3.8) is 0 Å². The Labute approximate surface area is 410 Å². The van der Waals surface area contributed by atoms with E-state index in [0.29, 0.717) is 37.5 Å². The fourth-order valence-corrected chi connectivity index (χ4v) is 10.7. The van der Waals surface area contributed by atoms with Crippen molar-refractivity contribution < 1.29 is 25.4 Å². The number of benzene rings is 4. The SMILES string of the molecule is Cc1cc(C)c(CN2[C]N(CO[C@H]3C[C@H](C(C)C)CC[C@@H]3C)c3ccccc32)c(C)c1.Cc1cc(C)c(CN2[C]N(CO[C@H]3C[C@H](C(C)C)CC[C@@H]3C)c3ccccc32)c(C)c1.[Cl][Pd][Cl]. The van der Waals surface area contributed by atoms with Gasteiger partial charge in [0.1, 0.15) is 13.5 Å². The average molecular weight is 1010 g/mol. The van der Waals surface area contributed by atoms with Crippen LogP contribution in [0.25, 0.3) is 0 Å². The van der Waals surface area contributed by atoms with Gasteiger partial charge in [0.05, 0.1) is 35.0 Å². The molecule has 0 saturated heterocycles. The number of aryl methyl sites for hydroxylation is 6. The summed E-state index contributed by atoms with van der Waals surface area (Å²) in [4.78, 5) is 8.84. The van der Waals surface area contributed by atoms with E-state index < -0.39 is 0 Å². The van der Waals surface area contributed by atoms with Crippen LogP contribution in [0, 0.1) is 90.4 Å². The molecule has 0 amide bonds. The van der Waals surface area contributed by atoms with Crippen molar-refractivity contribution in [3.05, 3.63) is 131 Å². The monoisotopic (exact) mass is 1010 g/mol. The quantitative estimate of drug-likeness (QED) is 0.132. The minimum atomic E-state index is -0.106. The number of hydrogen-bond acceptors (Lipinski definition) is 6. The number of fused-ring (bicyclic) bond motifs is 2. The average Bonchev–Trinajstić information content (AvgIpc) is 3.80. The zero-order valence-corrected chi connectivity index (χ0v) is 44.4. The third kappa shape index (κ3) is 13.3. The topological polar surface area (TPSA) is 31.4 Å². The van der Waals surface area contributed by atoms with Gasteiger partial charge in [-0.3, -0.25) is 0 Å². The Morgan fingerprint density at radius 3 is 1.15 bits per heavy atom. The third-order valence-corrected chi connectivity index (χ3v) is 14.8. The maximum absolute atomic E-state index is 6.51. The molecule has 65 heavy (non-hydrogen) atoms. The molecule has 0 bridgehead atoms. The standard InChI is InChI=1S/2C28H38N2O.2ClH.Pd/c2*1-19(2)24-12-11-21(4)28(15-24)31-18-30-17-29(26-9-7-8-10-27(26)30)16-25-22(5)13-20(3)14-23(25)6;;;/h2*7-10,13-14,19,21,24,28H,11-12,15-16,18H2,1-6H3;2*1H;/q;;;;+2/p-2/t2*21-,24+,28-;;;/m00.../s1. The Morgan fingerprint density at radius 1 is 0.538 bits per heavy atom. The van der Waals surface area contributed by atoms with Crippen molar-refractivity contribution in [2.75, 3.05) is 33.1 Å². The molecule has 2 fully saturated rings. The van der Waals surface area contributed by atoms with Gasteiger partial charge in [0.2, 0.25) is 13.3 Å². The van der Waals surface area contributed by atoms with Gasteiger partial charge in [-0.2, -0.15) is 0 Å². The molecular formula is C56H76Cl2N4O2Pd. The van der Waals surface area contributed by atoms with Gasteiger partial charge >= 0.3 is 35.0 Å². The van der Waals surface area contributed by atoms with Gasteiger partial charge in [-0.05, 0) is 173 Å². The number of rotatable bonds is 12. The second-order valence-electron chi connectivity index (χ2n) is 20.3. The van der Waals surface area contributed by atoms with Crippen LogP contribution >= 0.6 is 19.1 Å². The predicted octanol–water partition coefficient (Wildman–Crippen LogP) is 15.1. The molecule has 2 saturated carbocycles. The number of halogens is 2. The van der Waals surface area contributed by atoms with Crippen molar-refractivity contribution in [1.82, 2.24) is 0 Å². The molecule has 4 aromatic rings. The van der Waals surface area contributed by atoms with E-state index >= 15 is 0 Å². The van der Waals surface area contributed by atoms with E-state index in [0.717, 1.165) is 36.8 Å². The molecule has 6 nitrogen and oxygen atoms in total. The predicted molar refractivity (Wildman–Crippen MR) is 272 cm³/mol. The van der Waals surface area contributed by atoms with Crippen LogP contribution in [0.1, 0.15) is 125 Å². The van der Waals surface area contributed by atoms with Crippen LogP contribution in [0.3, 0.4) is 0 Å². The number of hydrogen-bond donors (Lipinski definition) is 0. The fraction of sp³-hybridized carbons (Fsp3) is 0.536. The molecule has 2 aliphatic carbocycles. The van der Waals surface area contributed by atoms with Crippen molar-refractivity contribution >= 4 is 41.8 Å². The molecule has 4 radical (unpaired) electrons. The molecule has 4 aromatic carbocycles. The molecule has 9 heteroatoms. The van der Waals surface area contributed by atoms with Crippen LogP contribution in [-0.4, -0.2) is 25.7 Å². The van der Waals surface area contributed by atoms with Crippen LogP contribution < -0.4 is 19.6 Å². The van der Waals surface area contributed by atoms with Gasteiger partial charge in [0.15, 0.2) is 0 Å². The van der Waals surface area contributed by atoms with E-state index in [1.165, 1.54) is 106 Å². The van der Waals surface area contributed by atoms with Crippen LogP contribution in [0.2, 0.25) is 0 Å². The van der Waals surface area contributed by atoms with Gasteiger partial charge in [-0.15, -0.1) is 0 Å². The van der Waals surface area contributed by atoms with Gasteiger partial charge in [-0.1, -0.05) is 101 Å². The molecule has 2 heterocycles. The summed E-state index contributed by atoms with van der Waals surface area (Å²) in [5.74, 6) is 4.29. The molecule has 6 atom stereocenters. The van der Waals surface area contributed by atoms with Crippen LogP contribution in [0.4, 0.5) is 22.7 Å². The molecule has 0 N–H and O–H groups in total. The summed E-state index contributed by atoms with van der Waals surface area (Å²) in [6.07, 6.45) is 8.26. The summed E-state index contributed by atoms with van der Waals surface area (Å²) >= 11 is -0.106. The summed E-state index contributed by atoms with van der Waals surface area (Å²) in [5, 5.41) is 0. The Morgan fingerprint density at radius 2 is 0.846 bits per heavy atom. The summed E-state index contributed by atoms with van der Waals surface area (Å²) in [6, 6.07) is 26.3. The summed E-state index contributed by atoms with van der Waals surface area (Å²) in [5.41, 5.74) is 15.6. The van der Waals surface area contributed by atoms with Crippen molar-refractivity contribution in [3.8, 4) is 0 Å². The van der Waals surface area contributed by atoms with Gasteiger partial charge in [-0.25, -0.2) is 0 Å². The first-order valence-corrected chi connectivity index (χ1v) is 28.1. The Hall–Kier alpha value is -2.76. The first-order chi connectivity index (χ1) is 31.1. The van der Waals surface area contributed by atoms with E-state index in [-0.39, 0.29) is 15.9 Å². The third-order valence-electron chi connectivity index (χ3n) is 14.8. The zero-order valence-electron chi connectivity index (χ0n) is 41.3. The molecule has 0 spiro atoms. The molecule has 8 rings (SSSR count). The number of nitrogens with zero attached hydrogens (tertiary/aromatic N) is 4. The van der Waals surface area contributed by atoms with E-state index in [4.69, 9.17) is 28.5 Å². The second-order valence-corrected chi connectivity index (χ2v) is 22.6. The normalized spacial score (nSPS) is 22.8. The molecule has 0 unspecified atom stereocenters. The summed E-state index contributed by atoms with van der Waals surface area (Å²) in [6.45, 7) is 37.3. The molecule has 4 aliphatic rings. The van der Waals surface area contributed by atoms with Crippen molar-refractivity contribution in [2.24, 2.45) is 35.5 Å². The second kappa shape index (κ2) is 24.0. The van der Waals surface area contributed by atoms with E-state index in [1.807, 2.05) is 0 Å². The first kappa shape index (κ1) is 51.6. The Kier molecular flexibility index (Phi) is 19.1. The van der Waals surface area contributed by atoms with Gasteiger partial charge in [0.25, 0.3) is 0 Å². The number of para-hydroxylation sites is 4. The Balaban J connectivity index is 0.000000203. The van der Waals surface area contributed by atoms with E-state index in [1.54, 1.807) is 0 Å². The van der Waals surface area contributed by atoms with E-state index in [9.17, 15) is 0 Å². The number of anilines is 4. The van der Waals surface area contributed by atoms with E-state index in [2.05, 4.69) is 189 Å². The van der Waals surface area contributed by atoms with Crippen LogP contribution in [0.5, 0.6) is 0 Å². The maximum atomic E-state index is 6.51.